The highest BCUT2D eigenvalue weighted by Gasteiger charge is 2.29. The van der Waals surface area contributed by atoms with Gasteiger partial charge in [0.15, 0.2) is 10.4 Å². The molecule has 0 radical (unpaired) electrons. The van der Waals surface area contributed by atoms with Crippen LogP contribution < -0.4 is 0 Å². The van der Waals surface area contributed by atoms with E-state index in [1.807, 2.05) is 11.9 Å². The number of hydrogen-bond donors (Lipinski definition) is 0. The molecule has 1 aromatic heterocycles. The second-order valence-corrected chi connectivity index (χ2v) is 5.63. The Balaban J connectivity index is 2.08. The van der Waals surface area contributed by atoms with Gasteiger partial charge in [0.25, 0.3) is 5.91 Å². The van der Waals surface area contributed by atoms with Gasteiger partial charge in [-0.1, -0.05) is 19.8 Å². The molecule has 1 fully saturated rings. The monoisotopic (exact) mass is 299 g/mol. The first-order valence-corrected chi connectivity index (χ1v) is 6.91. The van der Waals surface area contributed by atoms with Crippen LogP contribution in [-0.2, 0) is 0 Å². The lowest BCUT2D eigenvalue weighted by Gasteiger charge is -2.35. The molecule has 2 atom stereocenters. The molecule has 1 amide bonds. The van der Waals surface area contributed by atoms with Gasteiger partial charge in [0.05, 0.1) is 0 Å². The van der Waals surface area contributed by atoms with Gasteiger partial charge in [-0.15, -0.1) is 0 Å². The lowest BCUT2D eigenvalue weighted by molar-refractivity contribution is 0.0596. The van der Waals surface area contributed by atoms with Crippen LogP contribution in [0.25, 0.3) is 0 Å². The fraction of sp³-hybridized carbons (Fsp3) is 0.615. The Morgan fingerprint density at radius 3 is 2.71 bits per heavy atom. The molecule has 17 heavy (non-hydrogen) atoms. The minimum atomic E-state index is -0.0190. The summed E-state index contributed by atoms with van der Waals surface area (Å²) in [5.74, 6) is 0.975. The first-order valence-electron chi connectivity index (χ1n) is 6.12. The summed E-state index contributed by atoms with van der Waals surface area (Å²) in [6.07, 6.45) is 4.82. The van der Waals surface area contributed by atoms with Crippen molar-refractivity contribution in [2.24, 2.45) is 5.92 Å². The van der Waals surface area contributed by atoms with Crippen LogP contribution in [0.15, 0.2) is 21.2 Å². The Morgan fingerprint density at radius 1 is 1.41 bits per heavy atom. The van der Waals surface area contributed by atoms with Crippen molar-refractivity contribution in [2.45, 2.75) is 38.6 Å². The molecule has 1 aliphatic rings. The molecule has 94 valence electrons. The van der Waals surface area contributed by atoms with Crippen LogP contribution >= 0.6 is 15.9 Å². The van der Waals surface area contributed by atoms with Crippen molar-refractivity contribution in [1.82, 2.24) is 4.90 Å². The van der Waals surface area contributed by atoms with E-state index >= 15 is 0 Å². The zero-order valence-corrected chi connectivity index (χ0v) is 11.9. The fourth-order valence-corrected chi connectivity index (χ4v) is 2.93. The van der Waals surface area contributed by atoms with E-state index in [4.69, 9.17) is 4.42 Å². The maximum atomic E-state index is 12.2. The lowest BCUT2D eigenvalue weighted by Crippen LogP contribution is -2.42. The van der Waals surface area contributed by atoms with Crippen LogP contribution in [0.3, 0.4) is 0 Å². The van der Waals surface area contributed by atoms with Crippen LogP contribution in [0, 0.1) is 5.92 Å². The number of rotatable bonds is 2. The zero-order chi connectivity index (χ0) is 12.4. The van der Waals surface area contributed by atoms with Crippen LogP contribution in [0.1, 0.15) is 43.2 Å². The Hall–Kier alpha value is -0.770. The number of hydrogen-bond acceptors (Lipinski definition) is 2. The minimum Gasteiger partial charge on any atom is -0.444 e. The highest BCUT2D eigenvalue weighted by atomic mass is 79.9. The van der Waals surface area contributed by atoms with Crippen molar-refractivity contribution in [3.8, 4) is 0 Å². The number of carbonyl (C=O) groups is 1. The number of amides is 1. The molecule has 0 aliphatic heterocycles. The second-order valence-electron chi connectivity index (χ2n) is 4.85. The topological polar surface area (TPSA) is 33.5 Å². The molecule has 0 spiro atoms. The van der Waals surface area contributed by atoms with Crippen molar-refractivity contribution in [1.29, 1.82) is 0 Å². The molecular weight excluding hydrogens is 282 g/mol. The van der Waals surface area contributed by atoms with Gasteiger partial charge in [-0.05, 0) is 46.8 Å². The van der Waals surface area contributed by atoms with Crippen molar-refractivity contribution in [3.63, 3.8) is 0 Å². The quantitative estimate of drug-likeness (QED) is 0.834. The van der Waals surface area contributed by atoms with Crippen LogP contribution in [0.4, 0.5) is 0 Å². The smallest absolute Gasteiger partial charge is 0.289 e. The minimum absolute atomic E-state index is 0.0190. The van der Waals surface area contributed by atoms with E-state index in [1.165, 1.54) is 19.3 Å². The third-order valence-corrected chi connectivity index (χ3v) is 4.09. The second kappa shape index (κ2) is 5.25. The molecule has 1 heterocycles. The van der Waals surface area contributed by atoms with E-state index in [9.17, 15) is 4.79 Å². The molecule has 4 heteroatoms. The van der Waals surface area contributed by atoms with Gasteiger partial charge in [0.2, 0.25) is 0 Å². The Labute approximate surface area is 110 Å². The van der Waals surface area contributed by atoms with Crippen LogP contribution in [0.2, 0.25) is 0 Å². The molecule has 0 saturated heterocycles. The average Bonchev–Trinajstić information content (AvgIpc) is 2.75. The molecule has 1 aromatic rings. The maximum Gasteiger partial charge on any atom is 0.289 e. The summed E-state index contributed by atoms with van der Waals surface area (Å²) < 4.78 is 5.92. The zero-order valence-electron chi connectivity index (χ0n) is 10.3. The molecule has 1 aliphatic carbocycles. The summed E-state index contributed by atoms with van der Waals surface area (Å²) >= 11 is 3.22. The Bertz CT molecular complexity index is 402. The van der Waals surface area contributed by atoms with Gasteiger partial charge in [0, 0.05) is 13.1 Å². The predicted octanol–water partition coefficient (Wildman–Crippen LogP) is 3.69. The van der Waals surface area contributed by atoms with Crippen molar-refractivity contribution >= 4 is 21.8 Å². The maximum absolute atomic E-state index is 12.2. The van der Waals surface area contributed by atoms with Crippen LogP contribution in [-0.4, -0.2) is 23.9 Å². The number of carbonyl (C=O) groups excluding carboxylic acids is 1. The Morgan fingerprint density at radius 2 is 2.12 bits per heavy atom. The van der Waals surface area contributed by atoms with E-state index < -0.39 is 0 Å². The summed E-state index contributed by atoms with van der Waals surface area (Å²) in [5, 5.41) is 0. The van der Waals surface area contributed by atoms with Gasteiger partial charge >= 0.3 is 0 Å². The van der Waals surface area contributed by atoms with Gasteiger partial charge in [0.1, 0.15) is 0 Å². The molecule has 0 bridgehead atoms. The molecule has 1 saturated carbocycles. The van der Waals surface area contributed by atoms with Gasteiger partial charge in [-0.2, -0.15) is 0 Å². The van der Waals surface area contributed by atoms with E-state index in [-0.39, 0.29) is 5.91 Å². The number of halogens is 1. The van der Waals surface area contributed by atoms with Gasteiger partial charge in [-0.3, -0.25) is 4.79 Å². The van der Waals surface area contributed by atoms with Gasteiger partial charge in [-0.25, -0.2) is 0 Å². The van der Waals surface area contributed by atoms with Crippen molar-refractivity contribution < 1.29 is 9.21 Å². The number of nitrogens with zero attached hydrogens (tertiary/aromatic N) is 1. The predicted molar refractivity (Wildman–Crippen MR) is 69.9 cm³/mol. The Kier molecular flexibility index (Phi) is 3.92. The highest BCUT2D eigenvalue weighted by molar-refractivity contribution is 9.10. The molecule has 2 unspecified atom stereocenters. The third-order valence-electron chi connectivity index (χ3n) is 3.67. The van der Waals surface area contributed by atoms with Gasteiger partial charge < -0.3 is 9.32 Å². The lowest BCUT2D eigenvalue weighted by atomic mass is 9.85. The van der Waals surface area contributed by atoms with E-state index in [2.05, 4.69) is 22.9 Å². The summed E-state index contributed by atoms with van der Waals surface area (Å²) in [4.78, 5) is 14.1. The molecule has 2 rings (SSSR count). The summed E-state index contributed by atoms with van der Waals surface area (Å²) in [7, 11) is 1.88. The largest absolute Gasteiger partial charge is 0.444 e. The molecule has 0 aromatic carbocycles. The summed E-state index contributed by atoms with van der Waals surface area (Å²) in [6, 6.07) is 3.82. The van der Waals surface area contributed by atoms with Crippen molar-refractivity contribution in [3.05, 3.63) is 22.6 Å². The van der Waals surface area contributed by atoms with E-state index in [0.717, 1.165) is 6.42 Å². The van der Waals surface area contributed by atoms with Crippen LogP contribution in [0.5, 0.6) is 0 Å². The summed E-state index contributed by atoms with van der Waals surface area (Å²) in [6.45, 7) is 2.23. The fourth-order valence-electron chi connectivity index (χ4n) is 2.63. The standard InChI is InChI=1S/C13H18BrNO2/c1-9-5-3-4-6-10(9)15(2)13(16)11-7-8-12(14)17-11/h7-10H,3-6H2,1-2H3. The van der Waals surface area contributed by atoms with E-state index in [1.54, 1.807) is 12.1 Å². The summed E-state index contributed by atoms with van der Waals surface area (Å²) in [5.41, 5.74) is 0. The number of furan rings is 1. The molecular formula is C13H18BrNO2. The first-order chi connectivity index (χ1) is 8.09. The normalized spacial score (nSPS) is 24.6. The SMILES string of the molecule is CC1CCCCC1N(C)C(=O)c1ccc(Br)o1. The van der Waals surface area contributed by atoms with Crippen molar-refractivity contribution in [2.75, 3.05) is 7.05 Å². The average molecular weight is 300 g/mol. The highest BCUT2D eigenvalue weighted by Crippen LogP contribution is 2.28. The first kappa shape index (κ1) is 12.7. The van der Waals surface area contributed by atoms with E-state index in [0.29, 0.717) is 22.4 Å². The molecule has 3 nitrogen and oxygen atoms in total. The molecule has 0 N–H and O–H groups in total. The third kappa shape index (κ3) is 2.73.